The maximum absolute atomic E-state index is 14.8. The molecule has 3 heterocycles. The van der Waals surface area contributed by atoms with Crippen molar-refractivity contribution in [3.63, 3.8) is 0 Å². The quantitative estimate of drug-likeness (QED) is 0.283. The third-order valence-corrected chi connectivity index (χ3v) is 8.85. The molecule has 2 saturated heterocycles. The molecular weight excluding hydrogens is 517 g/mol. The summed E-state index contributed by atoms with van der Waals surface area (Å²) in [5.74, 6) is -1.34. The molecular formula is C34H28FN3O3. The summed E-state index contributed by atoms with van der Waals surface area (Å²) in [7, 11) is 0. The van der Waals surface area contributed by atoms with Crippen LogP contribution in [-0.4, -0.2) is 30.4 Å². The van der Waals surface area contributed by atoms with Crippen molar-refractivity contribution >= 4 is 34.9 Å². The Kier molecular flexibility index (Phi) is 5.96. The van der Waals surface area contributed by atoms with E-state index in [9.17, 15) is 18.8 Å². The number of rotatable bonds is 3. The number of carbonyl (C=O) groups is 3. The van der Waals surface area contributed by atoms with E-state index in [4.69, 9.17) is 0 Å². The number of fused-ring (bicyclic) bond motifs is 4. The molecule has 0 radical (unpaired) electrons. The molecule has 2 fully saturated rings. The van der Waals surface area contributed by atoms with Gasteiger partial charge in [-0.05, 0) is 72.7 Å². The molecule has 4 amide bonds. The van der Waals surface area contributed by atoms with Gasteiger partial charge in [-0.15, -0.1) is 0 Å². The first kappa shape index (κ1) is 25.2. The van der Waals surface area contributed by atoms with E-state index in [-0.39, 0.29) is 18.2 Å². The van der Waals surface area contributed by atoms with Crippen molar-refractivity contribution in [2.45, 2.75) is 31.2 Å². The monoisotopic (exact) mass is 545 g/mol. The fourth-order valence-corrected chi connectivity index (χ4v) is 6.93. The summed E-state index contributed by atoms with van der Waals surface area (Å²) in [6, 6.07) is 30.9. The van der Waals surface area contributed by atoms with E-state index in [1.807, 2.05) is 35.2 Å². The molecule has 0 saturated carbocycles. The number of imide groups is 2. The van der Waals surface area contributed by atoms with Crippen LogP contribution < -0.4 is 14.7 Å². The van der Waals surface area contributed by atoms with Gasteiger partial charge >= 0.3 is 6.03 Å². The minimum absolute atomic E-state index is 0.0723. The maximum Gasteiger partial charge on any atom is 0.342 e. The molecule has 204 valence electrons. The number of piperidine rings is 1. The normalized spacial score (nSPS) is 21.6. The molecule has 7 rings (SSSR count). The highest BCUT2D eigenvalue weighted by molar-refractivity contribution is 6.39. The van der Waals surface area contributed by atoms with Crippen LogP contribution >= 0.6 is 0 Å². The van der Waals surface area contributed by atoms with Gasteiger partial charge in [-0.1, -0.05) is 72.8 Å². The predicted molar refractivity (Wildman–Crippen MR) is 155 cm³/mol. The van der Waals surface area contributed by atoms with Crippen molar-refractivity contribution in [1.29, 1.82) is 0 Å². The summed E-state index contributed by atoms with van der Waals surface area (Å²) >= 11 is 0. The van der Waals surface area contributed by atoms with E-state index in [0.717, 1.165) is 27.3 Å². The van der Waals surface area contributed by atoms with Crippen LogP contribution in [0.3, 0.4) is 0 Å². The van der Waals surface area contributed by atoms with Crippen LogP contribution in [0.4, 0.5) is 26.2 Å². The summed E-state index contributed by atoms with van der Waals surface area (Å²) < 4.78 is 14.6. The number of nitrogens with zero attached hydrogens (tertiary/aromatic N) is 3. The van der Waals surface area contributed by atoms with Crippen molar-refractivity contribution in [3.05, 3.63) is 126 Å². The summed E-state index contributed by atoms with van der Waals surface area (Å²) in [5, 5.41) is 0. The number of barbiturate groups is 1. The van der Waals surface area contributed by atoms with Crippen molar-refractivity contribution in [1.82, 2.24) is 0 Å². The highest BCUT2D eigenvalue weighted by atomic mass is 19.1. The fraction of sp³-hybridized carbons (Fsp3) is 0.206. The highest BCUT2D eigenvalue weighted by Gasteiger charge is 2.65. The van der Waals surface area contributed by atoms with Crippen LogP contribution in [0.2, 0.25) is 0 Å². The van der Waals surface area contributed by atoms with E-state index >= 15 is 0 Å². The van der Waals surface area contributed by atoms with E-state index in [0.29, 0.717) is 30.0 Å². The largest absolute Gasteiger partial charge is 0.367 e. The molecule has 2 atom stereocenters. The number of urea groups is 1. The zero-order valence-electron chi connectivity index (χ0n) is 22.3. The van der Waals surface area contributed by atoms with Crippen LogP contribution in [0.5, 0.6) is 0 Å². The summed E-state index contributed by atoms with van der Waals surface area (Å²) in [4.78, 5) is 48.1. The number of hydrogen-bond acceptors (Lipinski definition) is 4. The zero-order chi connectivity index (χ0) is 28.1. The Morgan fingerprint density at radius 1 is 0.707 bits per heavy atom. The first-order valence-electron chi connectivity index (χ1n) is 13.9. The Hall–Kier alpha value is -4.78. The standard InChI is InChI=1S/C34H28FN3O3/c35-26-17-16-25-22-34(30-20-24(23-10-4-1-5-11-23)18-19-36(30)29(25)21-26)31(39)37(27-12-6-2-7-13-27)33(41)38(32(34)40)28-14-8-3-9-15-28/h1-17,21,24,30H,18-20,22H2/t24-,30-/m0/s1. The van der Waals surface area contributed by atoms with E-state index in [1.54, 1.807) is 54.6 Å². The van der Waals surface area contributed by atoms with Crippen LogP contribution in [0.1, 0.15) is 29.9 Å². The third kappa shape index (κ3) is 3.87. The molecule has 3 aliphatic rings. The lowest BCUT2D eigenvalue weighted by Crippen LogP contribution is -2.74. The van der Waals surface area contributed by atoms with Gasteiger partial charge in [0.05, 0.1) is 17.4 Å². The lowest BCUT2D eigenvalue weighted by molar-refractivity contribution is -0.143. The third-order valence-electron chi connectivity index (χ3n) is 8.85. The Labute approximate surface area is 237 Å². The van der Waals surface area contributed by atoms with Crippen LogP contribution in [0, 0.1) is 11.2 Å². The Bertz CT molecular complexity index is 1580. The summed E-state index contributed by atoms with van der Waals surface area (Å²) in [6.07, 6.45) is 1.37. The molecule has 0 unspecified atom stereocenters. The lowest BCUT2D eigenvalue weighted by atomic mass is 9.63. The number of benzene rings is 4. The van der Waals surface area contributed by atoms with Gasteiger partial charge in [-0.2, -0.15) is 0 Å². The Morgan fingerprint density at radius 3 is 1.85 bits per heavy atom. The molecule has 4 aromatic carbocycles. The number of carbonyl (C=O) groups excluding carboxylic acids is 3. The SMILES string of the molecule is O=C1N(c2ccccc2)C(=O)C2(Cc3ccc(F)cc3N3CC[C@H](c4ccccc4)C[C@H]32)C(=O)N1c1ccccc1. The van der Waals surface area contributed by atoms with Gasteiger partial charge in [-0.25, -0.2) is 19.0 Å². The summed E-state index contributed by atoms with van der Waals surface area (Å²) in [6.45, 7) is 0.549. The average molecular weight is 546 g/mol. The molecule has 41 heavy (non-hydrogen) atoms. The number of para-hydroxylation sites is 2. The minimum Gasteiger partial charge on any atom is -0.367 e. The molecule has 6 nitrogen and oxygen atoms in total. The van der Waals surface area contributed by atoms with Gasteiger partial charge in [-0.3, -0.25) is 9.59 Å². The van der Waals surface area contributed by atoms with Gasteiger partial charge in [0.15, 0.2) is 5.41 Å². The second-order valence-corrected chi connectivity index (χ2v) is 11.0. The number of amides is 4. The molecule has 0 aliphatic carbocycles. The van der Waals surface area contributed by atoms with Crippen molar-refractivity contribution in [2.75, 3.05) is 21.2 Å². The van der Waals surface area contributed by atoms with Crippen LogP contribution in [-0.2, 0) is 16.0 Å². The second-order valence-electron chi connectivity index (χ2n) is 11.0. The van der Waals surface area contributed by atoms with Gasteiger partial charge < -0.3 is 4.90 Å². The van der Waals surface area contributed by atoms with Gasteiger partial charge in [0, 0.05) is 12.2 Å². The average Bonchev–Trinajstić information content (AvgIpc) is 3.01. The molecule has 4 aromatic rings. The van der Waals surface area contributed by atoms with E-state index < -0.39 is 29.3 Å². The molecule has 0 bridgehead atoms. The smallest absolute Gasteiger partial charge is 0.342 e. The molecule has 3 aliphatic heterocycles. The summed E-state index contributed by atoms with van der Waals surface area (Å²) in [5.41, 5.74) is 1.78. The predicted octanol–water partition coefficient (Wildman–Crippen LogP) is 6.32. The van der Waals surface area contributed by atoms with Crippen molar-refractivity contribution in [3.8, 4) is 0 Å². The molecule has 7 heteroatoms. The fourth-order valence-electron chi connectivity index (χ4n) is 6.93. The zero-order valence-corrected chi connectivity index (χ0v) is 22.3. The molecule has 1 spiro atoms. The van der Waals surface area contributed by atoms with Gasteiger partial charge in [0.2, 0.25) is 0 Å². The minimum atomic E-state index is -1.60. The van der Waals surface area contributed by atoms with Crippen molar-refractivity contribution < 1.29 is 18.8 Å². The van der Waals surface area contributed by atoms with Gasteiger partial charge in [0.1, 0.15) is 5.82 Å². The highest BCUT2D eigenvalue weighted by Crippen LogP contribution is 2.52. The number of anilines is 3. The first-order valence-corrected chi connectivity index (χ1v) is 13.9. The first-order chi connectivity index (χ1) is 20.0. The van der Waals surface area contributed by atoms with Crippen LogP contribution in [0.15, 0.2) is 109 Å². The topological polar surface area (TPSA) is 60.9 Å². The second kappa shape index (κ2) is 9.70. The Balaban J connectivity index is 1.45. The molecule has 0 aromatic heterocycles. The maximum atomic E-state index is 14.8. The lowest BCUT2D eigenvalue weighted by Gasteiger charge is -2.56. The van der Waals surface area contributed by atoms with E-state index in [2.05, 4.69) is 12.1 Å². The Morgan fingerprint density at radius 2 is 1.27 bits per heavy atom. The number of hydrogen-bond donors (Lipinski definition) is 0. The van der Waals surface area contributed by atoms with Gasteiger partial charge in [0.25, 0.3) is 11.8 Å². The van der Waals surface area contributed by atoms with Crippen molar-refractivity contribution in [2.24, 2.45) is 5.41 Å². The molecule has 0 N–H and O–H groups in total. The number of halogens is 1. The van der Waals surface area contributed by atoms with Crippen LogP contribution in [0.25, 0.3) is 0 Å². The van der Waals surface area contributed by atoms with E-state index in [1.165, 1.54) is 12.1 Å².